The molecule has 5 aliphatic rings. The van der Waals surface area contributed by atoms with Crippen LogP contribution in [-0.4, -0.2) is 140 Å². The van der Waals surface area contributed by atoms with Crippen LogP contribution in [0.25, 0.3) is 0 Å². The summed E-state index contributed by atoms with van der Waals surface area (Å²) in [6, 6.07) is -0.915. The number of fused-ring (bicyclic) bond motifs is 2. The van der Waals surface area contributed by atoms with Crippen LogP contribution in [0.4, 0.5) is 4.79 Å². The summed E-state index contributed by atoms with van der Waals surface area (Å²) >= 11 is 0. The van der Waals surface area contributed by atoms with Crippen LogP contribution in [0.3, 0.4) is 0 Å². The van der Waals surface area contributed by atoms with Crippen molar-refractivity contribution in [2.75, 3.05) is 47.4 Å². The van der Waals surface area contributed by atoms with Crippen LogP contribution < -0.4 is 10.6 Å². The van der Waals surface area contributed by atoms with Gasteiger partial charge in [0, 0.05) is 44.7 Å². The molecule has 4 aliphatic heterocycles. The maximum atomic E-state index is 14.3. The fourth-order valence-electron chi connectivity index (χ4n) is 9.39. The molecule has 4 heterocycles. The van der Waals surface area contributed by atoms with E-state index in [1.165, 1.54) is 6.42 Å². The fourth-order valence-corrected chi connectivity index (χ4v) is 9.39. The van der Waals surface area contributed by atoms with Gasteiger partial charge in [-0.1, -0.05) is 27.7 Å². The molecule has 13 heteroatoms. The van der Waals surface area contributed by atoms with Gasteiger partial charge < -0.3 is 49.2 Å². The number of alkyl carbamates (subject to hydrolysis) is 1. The molecule has 286 valence electrons. The van der Waals surface area contributed by atoms with Gasteiger partial charge in [0.15, 0.2) is 17.7 Å². The fraction of sp³-hybridized carbons (Fsp3) is 0.919. The molecule has 0 radical (unpaired) electrons. The third-order valence-corrected chi connectivity index (χ3v) is 12.6. The number of likely N-dealkylation sites (tertiary alicyclic amines) is 1. The van der Waals surface area contributed by atoms with Gasteiger partial charge >= 0.3 is 12.1 Å². The Kier molecular flexibility index (Phi) is 12.3. The Balaban J connectivity index is 1.45. The van der Waals surface area contributed by atoms with E-state index < -0.39 is 65.7 Å². The molecule has 1 amide bonds. The molecule has 4 saturated heterocycles. The van der Waals surface area contributed by atoms with Crippen LogP contribution >= 0.6 is 0 Å². The summed E-state index contributed by atoms with van der Waals surface area (Å²) in [5, 5.41) is 18.2. The SMILES string of the molecule is CC[C@H]1OC(=O)C(C)C(=O)[C@H](C)[C@@H](OC2OC(CN3CC4CC4C3)CC(N(C)C)C2O)[C@](C)(OC)C[C@@H](C)CN[C@H](C)[C@H]2NC(=O)O[C@@]21CC. The Morgan fingerprint density at radius 1 is 1.06 bits per heavy atom. The van der Waals surface area contributed by atoms with Gasteiger partial charge in [-0.15, -0.1) is 0 Å². The number of ether oxygens (including phenoxy) is 5. The van der Waals surface area contributed by atoms with Crippen LogP contribution in [0.5, 0.6) is 0 Å². The number of esters is 1. The summed E-state index contributed by atoms with van der Waals surface area (Å²) in [6.07, 6.45) is -1.06. The van der Waals surface area contributed by atoms with E-state index in [1.54, 1.807) is 21.0 Å². The summed E-state index contributed by atoms with van der Waals surface area (Å²) in [7, 11) is 5.51. The number of rotatable bonds is 8. The van der Waals surface area contributed by atoms with Crippen molar-refractivity contribution < 1.29 is 43.2 Å². The van der Waals surface area contributed by atoms with E-state index in [1.807, 2.05) is 46.7 Å². The van der Waals surface area contributed by atoms with Crippen molar-refractivity contribution in [2.24, 2.45) is 29.6 Å². The van der Waals surface area contributed by atoms with Gasteiger partial charge in [-0.25, -0.2) is 4.79 Å². The van der Waals surface area contributed by atoms with Gasteiger partial charge in [0.25, 0.3) is 0 Å². The number of likely N-dealkylation sites (N-methyl/N-ethyl adjacent to an activating group) is 1. The second-order valence-corrected chi connectivity index (χ2v) is 16.5. The first kappa shape index (κ1) is 39.3. The number of aliphatic hydroxyl groups is 1. The maximum Gasteiger partial charge on any atom is 0.408 e. The first-order chi connectivity index (χ1) is 23.6. The number of carbonyl (C=O) groups excluding carboxylic acids is 3. The Labute approximate surface area is 298 Å². The molecule has 50 heavy (non-hydrogen) atoms. The largest absolute Gasteiger partial charge is 0.457 e. The van der Waals surface area contributed by atoms with Crippen LogP contribution in [0.1, 0.15) is 80.6 Å². The number of carbonyl (C=O) groups is 3. The molecule has 1 aliphatic carbocycles. The Morgan fingerprint density at radius 2 is 1.74 bits per heavy atom. The lowest BCUT2D eigenvalue weighted by Gasteiger charge is -2.47. The second-order valence-electron chi connectivity index (χ2n) is 16.5. The number of amides is 1. The zero-order chi connectivity index (χ0) is 36.7. The van der Waals surface area contributed by atoms with Gasteiger partial charge in [-0.05, 0) is 91.3 Å². The molecule has 0 aromatic heterocycles. The van der Waals surface area contributed by atoms with Gasteiger partial charge in [0.2, 0.25) is 0 Å². The summed E-state index contributed by atoms with van der Waals surface area (Å²) in [5.74, 6) is -1.39. The van der Waals surface area contributed by atoms with Gasteiger partial charge in [0.05, 0.1) is 23.9 Å². The maximum absolute atomic E-state index is 14.3. The lowest BCUT2D eigenvalue weighted by Crippen LogP contribution is -2.61. The molecule has 0 bridgehead atoms. The molecule has 5 fully saturated rings. The van der Waals surface area contributed by atoms with Crippen molar-refractivity contribution in [3.8, 4) is 0 Å². The minimum absolute atomic E-state index is 0.0355. The monoisotopic (exact) mass is 708 g/mol. The predicted octanol–water partition coefficient (Wildman–Crippen LogP) is 2.57. The van der Waals surface area contributed by atoms with E-state index in [0.717, 1.165) is 31.5 Å². The average Bonchev–Trinajstić information content (AvgIpc) is 3.53. The Morgan fingerprint density at radius 3 is 2.34 bits per heavy atom. The highest BCUT2D eigenvalue weighted by Crippen LogP contribution is 2.45. The minimum Gasteiger partial charge on any atom is -0.457 e. The summed E-state index contributed by atoms with van der Waals surface area (Å²) in [5.41, 5.74) is -2.12. The molecule has 3 N–H and O–H groups in total. The molecule has 1 saturated carbocycles. The Hall–Kier alpha value is -1.87. The standard InChI is InChI=1S/C37H64N4O9/c1-11-28-37(12-2)31(39-35(45)50-37)23(6)38-16-20(3)15-36(7,46-10)32(21(4)29(42)22(5)33(44)48-28)49-34-30(43)27(40(8)9)14-26(47-34)19-41-17-24-13-25(24)18-41/h20-28,30-32,34,38,43H,11-19H2,1-10H3,(H,39,45)/t20-,21+,22?,23-,24?,25?,26?,27?,28-,30?,31-,32-,34?,36-,37-/m1/s1. The number of aliphatic hydroxyl groups excluding tert-OH is 1. The van der Waals surface area contributed by atoms with Crippen molar-refractivity contribution >= 4 is 17.8 Å². The first-order valence-electron chi connectivity index (χ1n) is 19.0. The van der Waals surface area contributed by atoms with E-state index in [2.05, 4.69) is 22.5 Å². The molecule has 0 aromatic rings. The number of methoxy groups -OCH3 is 1. The molecule has 13 nitrogen and oxygen atoms in total. The molecule has 7 unspecified atom stereocenters. The average molecular weight is 709 g/mol. The molecule has 15 atom stereocenters. The summed E-state index contributed by atoms with van der Waals surface area (Å²) < 4.78 is 31.7. The number of hydrogen-bond donors (Lipinski definition) is 3. The van der Waals surface area contributed by atoms with E-state index in [9.17, 15) is 19.5 Å². The van der Waals surface area contributed by atoms with E-state index >= 15 is 0 Å². The molecule has 0 spiro atoms. The molecule has 0 aromatic carbocycles. The van der Waals surface area contributed by atoms with Crippen molar-refractivity contribution in [1.82, 2.24) is 20.4 Å². The number of piperidine rings is 1. The van der Waals surface area contributed by atoms with E-state index in [-0.39, 0.29) is 29.9 Å². The molecular weight excluding hydrogens is 644 g/mol. The number of hydrogen-bond acceptors (Lipinski definition) is 12. The van der Waals surface area contributed by atoms with Gasteiger partial charge in [-0.2, -0.15) is 0 Å². The number of ketones is 1. The third-order valence-electron chi connectivity index (χ3n) is 12.6. The molecular formula is C37H64N4O9. The van der Waals surface area contributed by atoms with Crippen LogP contribution in [0.2, 0.25) is 0 Å². The van der Waals surface area contributed by atoms with Gasteiger partial charge in [0.1, 0.15) is 18.1 Å². The predicted molar refractivity (Wildman–Crippen MR) is 186 cm³/mol. The van der Waals surface area contributed by atoms with Crippen LogP contribution in [0, 0.1) is 29.6 Å². The van der Waals surface area contributed by atoms with Crippen molar-refractivity contribution in [3.63, 3.8) is 0 Å². The third kappa shape index (κ3) is 7.89. The lowest BCUT2D eigenvalue weighted by atomic mass is 9.78. The Bertz CT molecular complexity index is 1210. The summed E-state index contributed by atoms with van der Waals surface area (Å²) in [6.45, 7) is 16.6. The highest BCUT2D eigenvalue weighted by atomic mass is 16.7. The minimum atomic E-state index is -1.14. The number of nitrogens with zero attached hydrogens (tertiary/aromatic N) is 2. The normalized spacial score (nSPS) is 46.3. The van der Waals surface area contributed by atoms with Crippen molar-refractivity contribution in [3.05, 3.63) is 0 Å². The topological polar surface area (TPSA) is 148 Å². The van der Waals surface area contributed by atoms with Crippen molar-refractivity contribution in [1.29, 1.82) is 0 Å². The highest BCUT2D eigenvalue weighted by molar-refractivity contribution is 6.00. The number of Topliss-reactive ketones (excluding diaryl/α,β-unsaturated/α-hetero) is 1. The zero-order valence-electron chi connectivity index (χ0n) is 32.0. The summed E-state index contributed by atoms with van der Waals surface area (Å²) in [4.78, 5) is 45.3. The number of cyclic esters (lactones) is 1. The highest BCUT2D eigenvalue weighted by Gasteiger charge is 2.57. The van der Waals surface area contributed by atoms with Crippen LogP contribution in [-0.2, 0) is 33.3 Å². The van der Waals surface area contributed by atoms with E-state index in [4.69, 9.17) is 23.7 Å². The quantitative estimate of drug-likeness (QED) is 0.252. The zero-order valence-corrected chi connectivity index (χ0v) is 32.0. The van der Waals surface area contributed by atoms with E-state index in [0.29, 0.717) is 32.2 Å². The smallest absolute Gasteiger partial charge is 0.408 e. The number of nitrogens with one attached hydrogen (secondary N) is 2. The second kappa shape index (κ2) is 15.6. The first-order valence-corrected chi connectivity index (χ1v) is 19.0. The van der Waals surface area contributed by atoms with Crippen molar-refractivity contribution in [2.45, 2.75) is 141 Å². The lowest BCUT2D eigenvalue weighted by molar-refractivity contribution is -0.298. The van der Waals surface area contributed by atoms with Crippen LogP contribution in [0.15, 0.2) is 0 Å². The van der Waals surface area contributed by atoms with Gasteiger partial charge in [-0.3, -0.25) is 9.59 Å². The molecule has 5 rings (SSSR count).